The number of carbonyl (C=O) groups excluding carboxylic acids is 1. The van der Waals surface area contributed by atoms with Gasteiger partial charge in [-0.25, -0.2) is 18.7 Å². The number of halogens is 4. The molecule has 0 bridgehead atoms. The van der Waals surface area contributed by atoms with Gasteiger partial charge in [-0.05, 0) is 91.2 Å². The Labute approximate surface area is 224 Å². The smallest absolute Gasteiger partial charge is 0.404 e. The third-order valence-corrected chi connectivity index (χ3v) is 8.26. The first kappa shape index (κ1) is 26.3. The average molecular weight is 559 g/mol. The first-order chi connectivity index (χ1) is 18.2. The zero-order chi connectivity index (χ0) is 26.9. The van der Waals surface area contributed by atoms with Crippen LogP contribution >= 0.6 is 23.3 Å². The molecule has 2 N–H and O–H groups in total. The Hall–Kier alpha value is -3.28. The lowest BCUT2D eigenvalue weighted by atomic mass is 9.64. The summed E-state index contributed by atoms with van der Waals surface area (Å²) in [6.45, 7) is 0.900. The number of piperidine rings is 1. The number of hydrogen-bond donors (Lipinski definition) is 1. The van der Waals surface area contributed by atoms with Gasteiger partial charge >= 0.3 is 6.18 Å². The largest absolute Gasteiger partial charge is 0.416 e. The average Bonchev–Trinajstić information content (AvgIpc) is 3.44. The minimum atomic E-state index is -4.40. The van der Waals surface area contributed by atoms with Crippen LogP contribution in [-0.2, 0) is 6.18 Å². The van der Waals surface area contributed by atoms with Gasteiger partial charge in [0.1, 0.15) is 11.5 Å². The van der Waals surface area contributed by atoms with E-state index < -0.39 is 17.2 Å². The molecule has 11 heteroatoms. The van der Waals surface area contributed by atoms with E-state index in [1.807, 2.05) is 10.4 Å². The van der Waals surface area contributed by atoms with E-state index in [-0.39, 0.29) is 18.0 Å². The van der Waals surface area contributed by atoms with Crippen LogP contribution < -0.4 is 5.73 Å². The maximum atomic E-state index is 13.9. The summed E-state index contributed by atoms with van der Waals surface area (Å²) in [5, 5.41) is 1.71. The number of fused-ring (bicyclic) bond motifs is 1. The lowest BCUT2D eigenvalue weighted by molar-refractivity contribution is -0.137. The van der Waals surface area contributed by atoms with E-state index in [4.69, 9.17) is 5.73 Å². The van der Waals surface area contributed by atoms with Crippen LogP contribution in [0, 0.1) is 11.2 Å². The van der Waals surface area contributed by atoms with Gasteiger partial charge in [0.2, 0.25) is 0 Å². The van der Waals surface area contributed by atoms with Gasteiger partial charge in [0, 0.05) is 23.4 Å². The minimum absolute atomic E-state index is 0.136. The zero-order valence-corrected chi connectivity index (χ0v) is 21.5. The van der Waals surface area contributed by atoms with Crippen molar-refractivity contribution in [2.75, 3.05) is 13.1 Å². The topological polar surface area (TPSA) is 71.6 Å². The third-order valence-electron chi connectivity index (χ3n) is 6.62. The highest BCUT2D eigenvalue weighted by atomic mass is 32.2. The van der Waals surface area contributed by atoms with Gasteiger partial charge in [0.15, 0.2) is 5.78 Å². The van der Waals surface area contributed by atoms with Crippen LogP contribution in [0.1, 0.15) is 28.9 Å². The highest BCUT2D eigenvalue weighted by Crippen LogP contribution is 2.48. The molecule has 196 valence electrons. The lowest BCUT2D eigenvalue weighted by Gasteiger charge is -2.45. The molecule has 1 atom stereocenters. The van der Waals surface area contributed by atoms with Crippen molar-refractivity contribution < 1.29 is 22.4 Å². The molecule has 1 fully saturated rings. The number of benzene rings is 2. The summed E-state index contributed by atoms with van der Waals surface area (Å²) in [6.07, 6.45) is -0.249. The second-order valence-corrected chi connectivity index (χ2v) is 10.9. The van der Waals surface area contributed by atoms with Crippen LogP contribution in [0.4, 0.5) is 23.2 Å². The van der Waals surface area contributed by atoms with Crippen LogP contribution in [0.15, 0.2) is 92.7 Å². The second-order valence-electron chi connectivity index (χ2n) is 9.02. The van der Waals surface area contributed by atoms with Crippen LogP contribution in [0.25, 0.3) is 0 Å². The Morgan fingerprint density at radius 3 is 2.53 bits per heavy atom. The summed E-state index contributed by atoms with van der Waals surface area (Å²) in [5.41, 5.74) is 9.04. The van der Waals surface area contributed by atoms with Gasteiger partial charge < -0.3 is 5.73 Å². The fourth-order valence-electron chi connectivity index (χ4n) is 4.72. The fraction of sp³-hybridized carbons (Fsp3) is 0.222. The predicted octanol–water partition coefficient (Wildman–Crippen LogP) is 6.83. The normalized spacial score (nSPS) is 22.4. The maximum Gasteiger partial charge on any atom is 0.416 e. The maximum absolute atomic E-state index is 13.9. The Morgan fingerprint density at radius 2 is 1.89 bits per heavy atom. The number of allylic oxidation sites excluding steroid dienone is 2. The minimum Gasteiger partial charge on any atom is -0.404 e. The molecule has 2 aromatic carbocycles. The Kier molecular flexibility index (Phi) is 7.26. The number of aliphatic imine (C=N–C) groups is 1. The molecule has 0 saturated carbocycles. The summed E-state index contributed by atoms with van der Waals surface area (Å²) in [5.74, 6) is -0.501. The van der Waals surface area contributed by atoms with E-state index in [1.54, 1.807) is 23.0 Å². The van der Waals surface area contributed by atoms with Crippen molar-refractivity contribution in [3.63, 3.8) is 0 Å². The number of aromatic nitrogens is 1. The molecule has 5 nitrogen and oxygen atoms in total. The van der Waals surface area contributed by atoms with Gasteiger partial charge in [-0.1, -0.05) is 5.57 Å². The monoisotopic (exact) mass is 558 g/mol. The standard InChI is InChI=1S/C27H22F4N4OS2/c28-20-3-5-21(6-4-20)34-23-11-19-9-10-35(38-22-7-1-18(2-8-22)27(29,30)31)15-26(19,12-17(23)13-32)25(36)24-14-37-16-33-24/h1-8,11,13-14,16H,9-10,12,15,32H2. The highest BCUT2D eigenvalue weighted by Gasteiger charge is 2.49. The molecule has 0 amide bonds. The molecular formula is C27H22F4N4OS2. The first-order valence-corrected chi connectivity index (χ1v) is 13.4. The molecule has 38 heavy (non-hydrogen) atoms. The highest BCUT2D eigenvalue weighted by molar-refractivity contribution is 7.97. The summed E-state index contributed by atoms with van der Waals surface area (Å²) in [4.78, 5) is 23.5. The van der Waals surface area contributed by atoms with E-state index in [2.05, 4.69) is 9.98 Å². The van der Waals surface area contributed by atoms with Crippen molar-refractivity contribution in [1.29, 1.82) is 0 Å². The summed E-state index contributed by atoms with van der Waals surface area (Å²) >= 11 is 2.65. The van der Waals surface area contributed by atoms with E-state index in [1.165, 1.54) is 53.8 Å². The predicted molar refractivity (Wildman–Crippen MR) is 141 cm³/mol. The molecule has 0 spiro atoms. The molecule has 2 heterocycles. The van der Waals surface area contributed by atoms with Crippen LogP contribution in [0.5, 0.6) is 0 Å². The van der Waals surface area contributed by atoms with Gasteiger partial charge in [-0.15, -0.1) is 11.3 Å². The van der Waals surface area contributed by atoms with Crippen molar-refractivity contribution in [1.82, 2.24) is 9.29 Å². The number of thiazole rings is 1. The van der Waals surface area contributed by atoms with Crippen LogP contribution in [0.3, 0.4) is 0 Å². The lowest BCUT2D eigenvalue weighted by Crippen LogP contribution is -2.49. The molecule has 0 radical (unpaired) electrons. The molecular weight excluding hydrogens is 536 g/mol. The first-order valence-electron chi connectivity index (χ1n) is 11.7. The van der Waals surface area contributed by atoms with Crippen LogP contribution in [0.2, 0.25) is 0 Å². The molecule has 5 rings (SSSR count). The number of Topliss-reactive ketones (excluding diaryl/α,β-unsaturated/α-hetero) is 1. The number of ketones is 1. The molecule has 1 unspecified atom stereocenters. The summed E-state index contributed by atoms with van der Waals surface area (Å²) < 4.78 is 54.3. The van der Waals surface area contributed by atoms with Crippen molar-refractivity contribution in [3.8, 4) is 0 Å². The molecule has 2 aliphatic rings. The fourth-order valence-corrected chi connectivity index (χ4v) is 6.28. The van der Waals surface area contributed by atoms with E-state index in [0.717, 1.165) is 17.7 Å². The number of alkyl halides is 3. The number of rotatable bonds is 5. The van der Waals surface area contributed by atoms with Gasteiger partial charge in [0.25, 0.3) is 0 Å². The van der Waals surface area contributed by atoms with Crippen molar-refractivity contribution in [2.45, 2.75) is 23.9 Å². The van der Waals surface area contributed by atoms with E-state index in [0.29, 0.717) is 47.1 Å². The van der Waals surface area contributed by atoms with Crippen molar-refractivity contribution in [3.05, 3.63) is 99.9 Å². The zero-order valence-electron chi connectivity index (χ0n) is 19.9. The number of carbonyl (C=O) groups is 1. The Bertz CT molecular complexity index is 1410. The molecule has 1 aromatic heterocycles. The summed E-state index contributed by atoms with van der Waals surface area (Å²) in [7, 11) is 0. The van der Waals surface area contributed by atoms with E-state index >= 15 is 0 Å². The van der Waals surface area contributed by atoms with E-state index in [9.17, 15) is 22.4 Å². The SMILES string of the molecule is NC=C1CC2(C(=O)c3cscn3)CN(Sc3ccc(C(F)(F)F)cc3)CCC2=CC1=Nc1ccc(F)cc1. The van der Waals surface area contributed by atoms with Crippen molar-refractivity contribution in [2.24, 2.45) is 16.1 Å². The Balaban J connectivity index is 1.49. The quantitative estimate of drug-likeness (QED) is 0.211. The third kappa shape index (κ3) is 5.31. The van der Waals surface area contributed by atoms with Crippen LogP contribution in [-0.4, -0.2) is 33.9 Å². The summed E-state index contributed by atoms with van der Waals surface area (Å²) in [6, 6.07) is 10.8. The van der Waals surface area contributed by atoms with Crippen molar-refractivity contribution >= 4 is 40.5 Å². The number of nitrogens with two attached hydrogens (primary N) is 1. The molecule has 3 aromatic rings. The second kappa shape index (κ2) is 10.5. The van der Waals surface area contributed by atoms with Gasteiger partial charge in [0.05, 0.1) is 27.9 Å². The Morgan fingerprint density at radius 1 is 1.16 bits per heavy atom. The number of nitrogens with zero attached hydrogens (tertiary/aromatic N) is 3. The molecule has 1 saturated heterocycles. The molecule has 1 aliphatic carbocycles. The van der Waals surface area contributed by atoms with Gasteiger partial charge in [-0.3, -0.25) is 4.79 Å². The van der Waals surface area contributed by atoms with Gasteiger partial charge in [-0.2, -0.15) is 13.2 Å². The molecule has 1 aliphatic heterocycles. The number of hydrogen-bond acceptors (Lipinski definition) is 7.